The van der Waals surface area contributed by atoms with Crippen LogP contribution in [0.3, 0.4) is 0 Å². The van der Waals surface area contributed by atoms with Crippen LogP contribution in [0.2, 0.25) is 0 Å². The number of ether oxygens (including phenoxy) is 2. The number of nitrogens with zero attached hydrogens (tertiary/aromatic N) is 4. The Morgan fingerprint density at radius 3 is 2.67 bits per heavy atom. The molecule has 3 heterocycles. The number of aromatic nitrogens is 2. The Balaban J connectivity index is 1.19. The molecule has 1 amide bonds. The first-order chi connectivity index (χ1) is 20.0. The van der Waals surface area contributed by atoms with Crippen molar-refractivity contribution in [2.75, 3.05) is 38.2 Å². The number of methoxy groups -OCH3 is 1. The highest BCUT2D eigenvalue weighted by atomic mass is 16.6. The lowest BCUT2D eigenvalue weighted by molar-refractivity contribution is -0.0910. The number of aryl methyl sites for hydroxylation is 2. The van der Waals surface area contributed by atoms with Gasteiger partial charge in [-0.1, -0.05) is 6.07 Å². The molecule has 4 fully saturated rings. The molecule has 4 bridgehead atoms. The number of piperidine rings is 1. The number of anilines is 1. The van der Waals surface area contributed by atoms with Crippen molar-refractivity contribution in [3.63, 3.8) is 0 Å². The van der Waals surface area contributed by atoms with Crippen LogP contribution in [0, 0.1) is 31.1 Å². The zero-order chi connectivity index (χ0) is 29.4. The quantitative estimate of drug-likeness (QED) is 0.477. The fraction of sp³-hybridized carbons (Fsp3) is 0.676. The molecule has 1 N–H and O–H groups in total. The average molecular weight is 574 g/mol. The highest BCUT2D eigenvalue weighted by Crippen LogP contribution is 2.75. The monoisotopic (exact) mass is 573 g/mol. The molecule has 0 spiro atoms. The minimum Gasteiger partial charge on any atom is -0.497 e. The number of carbonyl (C=O) groups excluding carboxylic acids is 1. The van der Waals surface area contributed by atoms with E-state index < -0.39 is 5.60 Å². The molecule has 0 radical (unpaired) electrons. The summed E-state index contributed by atoms with van der Waals surface area (Å²) in [4.78, 5) is 27.5. The van der Waals surface area contributed by atoms with Crippen LogP contribution in [0.4, 0.5) is 10.7 Å². The van der Waals surface area contributed by atoms with Gasteiger partial charge in [0.05, 0.1) is 7.11 Å². The molecule has 8 nitrogen and oxygen atoms in total. The Kier molecular flexibility index (Phi) is 6.54. The van der Waals surface area contributed by atoms with Gasteiger partial charge in [-0.2, -0.15) is 0 Å². The summed E-state index contributed by atoms with van der Waals surface area (Å²) >= 11 is 0. The van der Waals surface area contributed by atoms with Crippen molar-refractivity contribution < 1.29 is 14.3 Å². The first-order valence-corrected chi connectivity index (χ1v) is 16.0. The Bertz CT molecular complexity index is 1370. The zero-order valence-electron chi connectivity index (χ0n) is 26.2. The largest absolute Gasteiger partial charge is 0.497 e. The van der Waals surface area contributed by atoms with E-state index in [1.54, 1.807) is 12.7 Å². The molecule has 2 aliphatic heterocycles. The number of amides is 1. The summed E-state index contributed by atoms with van der Waals surface area (Å²) in [6.45, 7) is 13.7. The van der Waals surface area contributed by atoms with E-state index in [4.69, 9.17) is 19.4 Å². The van der Waals surface area contributed by atoms with Gasteiger partial charge in [-0.25, -0.2) is 14.8 Å². The Hall–Kier alpha value is -2.87. The van der Waals surface area contributed by atoms with Crippen molar-refractivity contribution in [1.82, 2.24) is 20.2 Å². The number of fused-ring (bicyclic) bond motifs is 1. The second kappa shape index (κ2) is 9.83. The number of hydrogen-bond donors (Lipinski definition) is 1. The van der Waals surface area contributed by atoms with Gasteiger partial charge >= 0.3 is 6.09 Å². The third-order valence-electron chi connectivity index (χ3n) is 11.3. The fourth-order valence-corrected chi connectivity index (χ4v) is 10.3. The predicted molar refractivity (Wildman–Crippen MR) is 163 cm³/mol. The van der Waals surface area contributed by atoms with E-state index in [0.717, 1.165) is 55.6 Å². The minimum absolute atomic E-state index is 0.159. The lowest BCUT2D eigenvalue weighted by Crippen LogP contribution is -2.69. The molecule has 2 saturated heterocycles. The van der Waals surface area contributed by atoms with Crippen LogP contribution in [0.5, 0.6) is 5.75 Å². The molecule has 6 atom stereocenters. The first-order valence-electron chi connectivity index (χ1n) is 16.0. The van der Waals surface area contributed by atoms with Gasteiger partial charge < -0.3 is 19.7 Å². The van der Waals surface area contributed by atoms with Gasteiger partial charge in [0, 0.05) is 48.5 Å². The van der Waals surface area contributed by atoms with Gasteiger partial charge in [0.25, 0.3) is 0 Å². The van der Waals surface area contributed by atoms with Gasteiger partial charge in [-0.3, -0.25) is 4.90 Å². The maximum absolute atomic E-state index is 12.2. The number of likely N-dealkylation sites (tertiary alicyclic amines) is 1. The van der Waals surface area contributed by atoms with Crippen molar-refractivity contribution in [2.24, 2.45) is 17.3 Å². The predicted octanol–water partition coefficient (Wildman–Crippen LogP) is 5.19. The van der Waals surface area contributed by atoms with Gasteiger partial charge in [0.1, 0.15) is 11.4 Å². The van der Waals surface area contributed by atoms with E-state index in [9.17, 15) is 4.79 Å². The lowest BCUT2D eigenvalue weighted by Gasteiger charge is -2.66. The highest BCUT2D eigenvalue weighted by molar-refractivity contribution is 5.67. The standard InChI is InChI=1S/C34H47N5O3/c1-21-16-22(2)37-30(36-21)39-20-24-19-33-11-10-27(39)29(24)34(33)12-15-38(14-7-13-35-31(40)42-32(3,4)5)28(33)17-23-8-9-25(41-6)18-26(23)34/h8-9,16,18,24,27-29H,7,10-15,17,19-20H2,1-6H3,(H,35,40)/t24-,27-,28-,29-,33-,34+/m1/s1. The van der Waals surface area contributed by atoms with E-state index in [1.165, 1.54) is 31.2 Å². The number of nitrogens with one attached hydrogen (secondary N) is 1. The second-order valence-corrected chi connectivity index (χ2v) is 14.6. The van der Waals surface area contributed by atoms with Crippen LogP contribution in [0.1, 0.15) is 75.4 Å². The molecule has 1 aromatic heterocycles. The molecule has 5 aliphatic rings. The second-order valence-electron chi connectivity index (χ2n) is 14.6. The SMILES string of the molecule is COc1ccc2c(c1)[C@]13CCN(CCCNC(=O)OC(C)(C)C)[C@H](C2)[C@]12CC[C@@H]1[C@H]3[C@@H](CN1c1nc(C)cc(C)n1)C2. The van der Waals surface area contributed by atoms with Crippen molar-refractivity contribution in [1.29, 1.82) is 0 Å². The summed E-state index contributed by atoms with van der Waals surface area (Å²) in [6.07, 6.45) is 6.64. The molecule has 226 valence electrons. The van der Waals surface area contributed by atoms with Crippen LogP contribution in [-0.4, -0.2) is 71.9 Å². The summed E-state index contributed by atoms with van der Waals surface area (Å²) in [6, 6.07) is 10.0. The highest BCUT2D eigenvalue weighted by Gasteiger charge is 2.76. The first kappa shape index (κ1) is 27.9. The van der Waals surface area contributed by atoms with Crippen LogP contribution < -0.4 is 15.0 Å². The molecule has 2 aromatic rings. The Labute approximate surface area is 250 Å². The van der Waals surface area contributed by atoms with Crippen molar-refractivity contribution in [2.45, 2.75) is 96.2 Å². The summed E-state index contributed by atoms with van der Waals surface area (Å²) in [5, 5.41) is 2.98. The lowest BCUT2D eigenvalue weighted by atomic mass is 9.43. The molecule has 7 rings (SSSR count). The number of alkyl carbamates (subject to hydrolysis) is 1. The van der Waals surface area contributed by atoms with Gasteiger partial charge in [-0.15, -0.1) is 0 Å². The Morgan fingerprint density at radius 1 is 1.14 bits per heavy atom. The van der Waals surface area contributed by atoms with E-state index in [1.807, 2.05) is 20.8 Å². The fourth-order valence-electron chi connectivity index (χ4n) is 10.3. The molecule has 0 unspecified atom stereocenters. The number of hydrogen-bond acceptors (Lipinski definition) is 7. The maximum atomic E-state index is 12.2. The normalized spacial score (nSPS) is 32.8. The van der Waals surface area contributed by atoms with Gasteiger partial charge in [0.15, 0.2) is 0 Å². The summed E-state index contributed by atoms with van der Waals surface area (Å²) in [5.74, 6) is 3.18. The van der Waals surface area contributed by atoms with Crippen LogP contribution >= 0.6 is 0 Å². The van der Waals surface area contributed by atoms with E-state index in [2.05, 4.69) is 53.2 Å². The van der Waals surface area contributed by atoms with Crippen molar-refractivity contribution >= 4 is 12.0 Å². The molecule has 1 aromatic carbocycles. The maximum Gasteiger partial charge on any atom is 0.407 e. The summed E-state index contributed by atoms with van der Waals surface area (Å²) in [7, 11) is 1.80. The van der Waals surface area contributed by atoms with Gasteiger partial charge in [-0.05, 0) is 126 Å². The van der Waals surface area contributed by atoms with E-state index in [0.29, 0.717) is 30.5 Å². The van der Waals surface area contributed by atoms with Crippen LogP contribution in [-0.2, 0) is 16.6 Å². The van der Waals surface area contributed by atoms with Crippen molar-refractivity contribution in [3.05, 3.63) is 46.8 Å². The average Bonchev–Trinajstić information content (AvgIpc) is 3.37. The topological polar surface area (TPSA) is 79.8 Å². The zero-order valence-corrected chi connectivity index (χ0v) is 26.2. The summed E-state index contributed by atoms with van der Waals surface area (Å²) in [5.41, 5.74) is 5.16. The molecule has 3 aliphatic carbocycles. The summed E-state index contributed by atoms with van der Waals surface area (Å²) < 4.78 is 11.3. The number of benzene rings is 1. The number of carbonyl (C=O) groups is 1. The van der Waals surface area contributed by atoms with E-state index >= 15 is 0 Å². The third-order valence-corrected chi connectivity index (χ3v) is 11.3. The minimum atomic E-state index is -0.475. The van der Waals surface area contributed by atoms with Crippen molar-refractivity contribution in [3.8, 4) is 5.75 Å². The molecule has 8 heteroatoms. The molecule has 2 saturated carbocycles. The smallest absolute Gasteiger partial charge is 0.407 e. The van der Waals surface area contributed by atoms with Crippen LogP contribution in [0.25, 0.3) is 0 Å². The van der Waals surface area contributed by atoms with Crippen LogP contribution in [0.15, 0.2) is 24.3 Å². The Morgan fingerprint density at radius 2 is 1.93 bits per heavy atom. The third kappa shape index (κ3) is 4.15. The van der Waals surface area contributed by atoms with Gasteiger partial charge in [0.2, 0.25) is 5.95 Å². The molecular weight excluding hydrogens is 526 g/mol. The molecule has 42 heavy (non-hydrogen) atoms. The van der Waals surface area contributed by atoms with E-state index in [-0.39, 0.29) is 16.9 Å². The number of rotatable bonds is 6. The molecular formula is C34H47N5O3.